The number of hydrogen-bond donors (Lipinski definition) is 1. The van der Waals surface area contributed by atoms with Crippen molar-refractivity contribution in [3.8, 4) is 11.1 Å². The first-order valence-electron chi connectivity index (χ1n) is 5.82. The molecule has 18 heavy (non-hydrogen) atoms. The summed E-state index contributed by atoms with van der Waals surface area (Å²) in [5.74, 6) is -1.55. The van der Waals surface area contributed by atoms with Crippen molar-refractivity contribution in [1.82, 2.24) is 5.32 Å². The van der Waals surface area contributed by atoms with Crippen molar-refractivity contribution in [3.05, 3.63) is 59.2 Å². The van der Waals surface area contributed by atoms with Crippen LogP contribution in [0.15, 0.2) is 36.4 Å². The van der Waals surface area contributed by atoms with Gasteiger partial charge in [0.25, 0.3) is 0 Å². The Labute approximate surface area is 105 Å². The van der Waals surface area contributed by atoms with Crippen LogP contribution in [0.25, 0.3) is 11.1 Å². The maximum Gasteiger partial charge on any atom is 0.166 e. The molecule has 1 N–H and O–H groups in total. The predicted octanol–water partition coefficient (Wildman–Crippen LogP) is 3.66. The van der Waals surface area contributed by atoms with Crippen molar-refractivity contribution >= 4 is 0 Å². The Morgan fingerprint density at radius 2 is 1.83 bits per heavy atom. The zero-order chi connectivity index (χ0) is 13.1. The van der Waals surface area contributed by atoms with Crippen LogP contribution in [-0.2, 0) is 6.54 Å². The van der Waals surface area contributed by atoms with Gasteiger partial charge in [0.1, 0.15) is 0 Å². The number of aryl methyl sites for hydroxylation is 1. The largest absolute Gasteiger partial charge is 0.316 e. The zero-order valence-electron chi connectivity index (χ0n) is 10.4. The maximum atomic E-state index is 13.9. The number of halogens is 2. The summed E-state index contributed by atoms with van der Waals surface area (Å²) in [6.45, 7) is 2.25. The third-order valence-corrected chi connectivity index (χ3v) is 2.89. The fourth-order valence-corrected chi connectivity index (χ4v) is 1.92. The molecule has 2 rings (SSSR count). The molecule has 0 bridgehead atoms. The van der Waals surface area contributed by atoms with E-state index >= 15 is 0 Å². The van der Waals surface area contributed by atoms with Crippen LogP contribution in [0.5, 0.6) is 0 Å². The monoisotopic (exact) mass is 247 g/mol. The van der Waals surface area contributed by atoms with Gasteiger partial charge < -0.3 is 5.32 Å². The molecule has 0 saturated carbocycles. The Morgan fingerprint density at radius 1 is 1.06 bits per heavy atom. The Bertz CT molecular complexity index is 564. The Hall–Kier alpha value is -1.74. The Kier molecular flexibility index (Phi) is 3.72. The lowest BCUT2D eigenvalue weighted by Gasteiger charge is -2.08. The molecule has 0 spiro atoms. The Balaban J connectivity index is 2.48. The highest BCUT2D eigenvalue weighted by atomic mass is 19.2. The lowest BCUT2D eigenvalue weighted by atomic mass is 10.0. The summed E-state index contributed by atoms with van der Waals surface area (Å²) in [5.41, 5.74) is 2.35. The number of benzene rings is 2. The van der Waals surface area contributed by atoms with Gasteiger partial charge in [-0.2, -0.15) is 0 Å². The van der Waals surface area contributed by atoms with E-state index in [1.165, 1.54) is 0 Å². The summed E-state index contributed by atoms with van der Waals surface area (Å²) in [6.07, 6.45) is 0. The Morgan fingerprint density at radius 3 is 2.56 bits per heavy atom. The molecule has 94 valence electrons. The highest BCUT2D eigenvalue weighted by molar-refractivity contribution is 5.65. The smallest absolute Gasteiger partial charge is 0.166 e. The van der Waals surface area contributed by atoms with Gasteiger partial charge in [0, 0.05) is 12.1 Å². The van der Waals surface area contributed by atoms with E-state index in [1.54, 1.807) is 25.1 Å². The van der Waals surface area contributed by atoms with E-state index in [-0.39, 0.29) is 0 Å². The first kappa shape index (κ1) is 12.7. The second-order valence-electron chi connectivity index (χ2n) is 4.29. The topological polar surface area (TPSA) is 12.0 Å². The van der Waals surface area contributed by atoms with Gasteiger partial charge in [0.2, 0.25) is 0 Å². The minimum Gasteiger partial charge on any atom is -0.316 e. The van der Waals surface area contributed by atoms with Gasteiger partial charge in [-0.25, -0.2) is 8.78 Å². The molecule has 0 amide bonds. The number of hydrogen-bond acceptors (Lipinski definition) is 1. The molecule has 0 fully saturated rings. The maximum absolute atomic E-state index is 13.9. The van der Waals surface area contributed by atoms with Gasteiger partial charge in [-0.15, -0.1) is 0 Å². The average molecular weight is 247 g/mol. The van der Waals surface area contributed by atoms with Gasteiger partial charge in [0.05, 0.1) is 0 Å². The van der Waals surface area contributed by atoms with Crippen molar-refractivity contribution in [1.29, 1.82) is 0 Å². The third kappa shape index (κ3) is 2.41. The molecule has 0 aliphatic rings. The highest BCUT2D eigenvalue weighted by Crippen LogP contribution is 2.26. The fourth-order valence-electron chi connectivity index (χ4n) is 1.92. The van der Waals surface area contributed by atoms with Crippen LogP contribution < -0.4 is 5.32 Å². The van der Waals surface area contributed by atoms with Crippen LogP contribution in [0.4, 0.5) is 8.78 Å². The number of rotatable bonds is 3. The van der Waals surface area contributed by atoms with E-state index in [2.05, 4.69) is 5.32 Å². The lowest BCUT2D eigenvalue weighted by Crippen LogP contribution is -2.04. The normalized spacial score (nSPS) is 10.7. The van der Waals surface area contributed by atoms with Crippen LogP contribution in [-0.4, -0.2) is 7.05 Å². The van der Waals surface area contributed by atoms with Crippen LogP contribution >= 0.6 is 0 Å². The molecule has 2 aromatic carbocycles. The van der Waals surface area contributed by atoms with Gasteiger partial charge in [-0.1, -0.05) is 30.3 Å². The summed E-state index contributed by atoms with van der Waals surface area (Å²) in [6, 6.07) is 10.7. The van der Waals surface area contributed by atoms with Crippen molar-refractivity contribution in [2.24, 2.45) is 0 Å². The first-order valence-corrected chi connectivity index (χ1v) is 5.82. The second-order valence-corrected chi connectivity index (χ2v) is 4.29. The molecule has 0 unspecified atom stereocenters. The molecule has 1 nitrogen and oxygen atoms in total. The molecule has 0 atom stereocenters. The molecule has 0 radical (unpaired) electrons. The summed E-state index contributed by atoms with van der Waals surface area (Å²) in [5, 5.41) is 3.03. The van der Waals surface area contributed by atoms with E-state index in [9.17, 15) is 8.78 Å². The predicted molar refractivity (Wildman–Crippen MR) is 69.3 cm³/mol. The summed E-state index contributed by atoms with van der Waals surface area (Å²) >= 11 is 0. The van der Waals surface area contributed by atoms with E-state index in [4.69, 9.17) is 0 Å². The van der Waals surface area contributed by atoms with Gasteiger partial charge in [-0.3, -0.25) is 0 Å². The van der Waals surface area contributed by atoms with Crippen molar-refractivity contribution in [2.45, 2.75) is 13.5 Å². The van der Waals surface area contributed by atoms with Crippen molar-refractivity contribution in [3.63, 3.8) is 0 Å². The molecule has 0 heterocycles. The highest BCUT2D eigenvalue weighted by Gasteiger charge is 2.12. The van der Waals surface area contributed by atoms with Crippen molar-refractivity contribution in [2.75, 3.05) is 7.05 Å². The number of nitrogens with one attached hydrogen (secondary N) is 1. The van der Waals surface area contributed by atoms with Crippen LogP contribution in [0.1, 0.15) is 11.1 Å². The van der Waals surface area contributed by atoms with Crippen molar-refractivity contribution < 1.29 is 8.78 Å². The molecule has 3 heteroatoms. The van der Waals surface area contributed by atoms with E-state index in [1.807, 2.05) is 25.2 Å². The molecule has 0 aromatic heterocycles. The minimum atomic E-state index is -0.781. The molecule has 0 saturated heterocycles. The average Bonchev–Trinajstić information content (AvgIpc) is 2.37. The molecular weight excluding hydrogens is 232 g/mol. The molecule has 0 aliphatic heterocycles. The molecular formula is C15H15F2N. The first-order chi connectivity index (χ1) is 8.63. The quantitative estimate of drug-likeness (QED) is 0.872. The zero-order valence-corrected chi connectivity index (χ0v) is 10.4. The van der Waals surface area contributed by atoms with E-state index in [0.717, 1.165) is 5.56 Å². The SMILES string of the molecule is CNCc1cccc(-c2ccc(C)c(F)c2F)c1. The lowest BCUT2D eigenvalue weighted by molar-refractivity contribution is 0.505. The van der Waals surface area contributed by atoms with Crippen LogP contribution in [0.2, 0.25) is 0 Å². The fraction of sp³-hybridized carbons (Fsp3) is 0.200. The van der Waals surface area contributed by atoms with E-state index < -0.39 is 11.6 Å². The van der Waals surface area contributed by atoms with Crippen LogP contribution in [0, 0.1) is 18.6 Å². The molecule has 0 aliphatic carbocycles. The summed E-state index contributed by atoms with van der Waals surface area (Å²) in [7, 11) is 1.85. The minimum absolute atomic E-state index is 0.302. The van der Waals surface area contributed by atoms with Gasteiger partial charge >= 0.3 is 0 Å². The molecule has 2 aromatic rings. The summed E-state index contributed by atoms with van der Waals surface area (Å²) in [4.78, 5) is 0. The van der Waals surface area contributed by atoms with E-state index in [0.29, 0.717) is 23.2 Å². The third-order valence-electron chi connectivity index (χ3n) is 2.89. The second kappa shape index (κ2) is 5.27. The van der Waals surface area contributed by atoms with Gasteiger partial charge in [-0.05, 0) is 36.7 Å². The van der Waals surface area contributed by atoms with Crippen LogP contribution in [0.3, 0.4) is 0 Å². The van der Waals surface area contributed by atoms with Gasteiger partial charge in [0.15, 0.2) is 11.6 Å². The standard InChI is InChI=1S/C15H15F2N/c1-10-6-7-13(15(17)14(10)16)12-5-3-4-11(8-12)9-18-2/h3-8,18H,9H2,1-2H3. The summed E-state index contributed by atoms with van der Waals surface area (Å²) < 4.78 is 27.4.